The van der Waals surface area contributed by atoms with Gasteiger partial charge < -0.3 is 5.11 Å². The second-order valence-corrected chi connectivity index (χ2v) is 6.96. The van der Waals surface area contributed by atoms with Crippen molar-refractivity contribution in [3.8, 4) is 0 Å². The van der Waals surface area contributed by atoms with Crippen LogP contribution in [0.1, 0.15) is 45.1 Å². The van der Waals surface area contributed by atoms with E-state index in [-0.39, 0.29) is 10.8 Å². The fraction of sp³-hybridized carbons (Fsp3) is 0.500. The number of aliphatic carboxylic acids is 1. The fourth-order valence-corrected chi connectivity index (χ4v) is 2.59. The number of hydrogen-bond donors (Lipinski definition) is 2. The molecule has 0 aliphatic heterocycles. The highest BCUT2D eigenvalue weighted by atomic mass is 32.2. The molecule has 0 aliphatic rings. The molecule has 2 N–H and O–H groups in total. The number of hydrogen-bond acceptors (Lipinski definition) is 3. The highest BCUT2D eigenvalue weighted by Gasteiger charge is 2.30. The van der Waals surface area contributed by atoms with E-state index >= 15 is 0 Å². The zero-order valence-corrected chi connectivity index (χ0v) is 12.6. The standard InChI is InChI=1S/C14H20O5S/c1-4-10(9-14(2,3)13(15)16)11-5-7-12(8-6-11)20(17,18)19/h5-8,10H,4,9H2,1-3H3,(H,15,16)(H,17,18,19). The Kier molecular flexibility index (Phi) is 4.94. The second kappa shape index (κ2) is 5.93. The third-order valence-corrected chi connectivity index (χ3v) is 4.35. The van der Waals surface area contributed by atoms with Crippen LogP contribution in [-0.4, -0.2) is 24.0 Å². The topological polar surface area (TPSA) is 91.7 Å². The van der Waals surface area contributed by atoms with Gasteiger partial charge in [-0.2, -0.15) is 8.42 Å². The summed E-state index contributed by atoms with van der Waals surface area (Å²) in [4.78, 5) is 11.0. The van der Waals surface area contributed by atoms with Gasteiger partial charge in [-0.05, 0) is 50.3 Å². The first-order chi connectivity index (χ1) is 9.08. The van der Waals surface area contributed by atoms with Gasteiger partial charge in [-0.3, -0.25) is 9.35 Å². The molecule has 0 saturated heterocycles. The van der Waals surface area contributed by atoms with Crippen molar-refractivity contribution in [2.45, 2.75) is 44.4 Å². The minimum Gasteiger partial charge on any atom is -0.481 e. The van der Waals surface area contributed by atoms with Crippen molar-refractivity contribution in [2.24, 2.45) is 5.41 Å². The fourth-order valence-electron chi connectivity index (χ4n) is 2.11. The molecule has 1 aromatic rings. The molecule has 0 fully saturated rings. The second-order valence-electron chi connectivity index (χ2n) is 5.54. The van der Waals surface area contributed by atoms with Crippen molar-refractivity contribution in [1.29, 1.82) is 0 Å². The van der Waals surface area contributed by atoms with Crippen molar-refractivity contribution in [1.82, 2.24) is 0 Å². The third-order valence-electron chi connectivity index (χ3n) is 3.48. The van der Waals surface area contributed by atoms with Gasteiger partial charge in [-0.25, -0.2) is 0 Å². The lowest BCUT2D eigenvalue weighted by atomic mass is 9.79. The van der Waals surface area contributed by atoms with Crippen LogP contribution >= 0.6 is 0 Å². The minimum absolute atomic E-state index is 0.0246. The molecule has 20 heavy (non-hydrogen) atoms. The van der Waals surface area contributed by atoms with Crippen LogP contribution in [0.25, 0.3) is 0 Å². The molecule has 0 aromatic heterocycles. The van der Waals surface area contributed by atoms with Gasteiger partial charge in [0.15, 0.2) is 0 Å². The molecule has 0 heterocycles. The summed E-state index contributed by atoms with van der Waals surface area (Å²) in [7, 11) is -4.19. The normalized spacial score (nSPS) is 14.0. The largest absolute Gasteiger partial charge is 0.481 e. The summed E-state index contributed by atoms with van der Waals surface area (Å²) in [6, 6.07) is 5.91. The molecule has 0 spiro atoms. The van der Waals surface area contributed by atoms with Crippen LogP contribution in [0.15, 0.2) is 29.2 Å². The molecule has 0 radical (unpaired) electrons. The first-order valence-corrected chi connectivity index (χ1v) is 7.83. The van der Waals surface area contributed by atoms with E-state index in [4.69, 9.17) is 4.55 Å². The molecule has 112 valence electrons. The summed E-state index contributed by atoms with van der Waals surface area (Å²) >= 11 is 0. The van der Waals surface area contributed by atoms with Gasteiger partial charge in [0, 0.05) is 0 Å². The Bertz CT molecular complexity index is 572. The predicted octanol–water partition coefficient (Wildman–Crippen LogP) is 2.93. The van der Waals surface area contributed by atoms with Gasteiger partial charge in [0.05, 0.1) is 10.3 Å². The molecule has 0 bridgehead atoms. The molecule has 1 rings (SSSR count). The van der Waals surface area contributed by atoms with Crippen molar-refractivity contribution >= 4 is 16.1 Å². The summed E-state index contributed by atoms with van der Waals surface area (Å²) in [6.07, 6.45) is 1.21. The van der Waals surface area contributed by atoms with E-state index in [2.05, 4.69) is 0 Å². The number of benzene rings is 1. The quantitative estimate of drug-likeness (QED) is 0.788. The zero-order valence-electron chi connectivity index (χ0n) is 11.8. The Hall–Kier alpha value is -1.40. The summed E-state index contributed by atoms with van der Waals surface area (Å²) in [5.41, 5.74) is 0.0248. The molecule has 1 atom stereocenters. The Balaban J connectivity index is 3.00. The first kappa shape index (κ1) is 16.7. The van der Waals surface area contributed by atoms with Crippen molar-refractivity contribution in [2.75, 3.05) is 0 Å². The van der Waals surface area contributed by atoms with Gasteiger partial charge in [0.1, 0.15) is 0 Å². The van der Waals surface area contributed by atoms with E-state index in [0.29, 0.717) is 6.42 Å². The summed E-state index contributed by atoms with van der Waals surface area (Å²) in [5, 5.41) is 9.17. The number of carbonyl (C=O) groups is 1. The Morgan fingerprint density at radius 1 is 1.25 bits per heavy atom. The van der Waals surface area contributed by atoms with E-state index in [1.54, 1.807) is 26.0 Å². The van der Waals surface area contributed by atoms with E-state index in [1.807, 2.05) is 6.92 Å². The number of carboxylic acid groups (broad SMARTS) is 1. The molecule has 6 heteroatoms. The van der Waals surface area contributed by atoms with Crippen LogP contribution in [0.4, 0.5) is 0 Å². The Morgan fingerprint density at radius 3 is 2.10 bits per heavy atom. The predicted molar refractivity (Wildman–Crippen MR) is 75.3 cm³/mol. The smallest absolute Gasteiger partial charge is 0.309 e. The SMILES string of the molecule is CCC(CC(C)(C)C(=O)O)c1ccc(S(=O)(=O)O)cc1. The van der Waals surface area contributed by atoms with E-state index < -0.39 is 21.5 Å². The molecular formula is C14H20O5S. The molecule has 1 unspecified atom stereocenters. The lowest BCUT2D eigenvalue weighted by Gasteiger charge is -2.25. The molecule has 1 aromatic carbocycles. The maximum atomic E-state index is 11.2. The van der Waals surface area contributed by atoms with Crippen molar-refractivity contribution in [3.05, 3.63) is 29.8 Å². The van der Waals surface area contributed by atoms with E-state index in [9.17, 15) is 18.3 Å². The van der Waals surface area contributed by atoms with Crippen LogP contribution in [-0.2, 0) is 14.9 Å². The summed E-state index contributed by atoms with van der Waals surface area (Å²) in [5.74, 6) is -0.831. The zero-order chi connectivity index (χ0) is 15.6. The van der Waals surface area contributed by atoms with Gasteiger partial charge in [0.25, 0.3) is 10.1 Å². The number of carboxylic acids is 1. The summed E-state index contributed by atoms with van der Waals surface area (Å²) in [6.45, 7) is 5.30. The monoisotopic (exact) mass is 300 g/mol. The van der Waals surface area contributed by atoms with Crippen LogP contribution in [0.3, 0.4) is 0 Å². The highest BCUT2D eigenvalue weighted by molar-refractivity contribution is 7.85. The lowest BCUT2D eigenvalue weighted by Crippen LogP contribution is -2.26. The average molecular weight is 300 g/mol. The third kappa shape index (κ3) is 4.05. The Morgan fingerprint density at radius 2 is 1.75 bits per heavy atom. The highest BCUT2D eigenvalue weighted by Crippen LogP contribution is 2.34. The maximum Gasteiger partial charge on any atom is 0.309 e. The molecule has 5 nitrogen and oxygen atoms in total. The van der Waals surface area contributed by atoms with Crippen LogP contribution in [0.5, 0.6) is 0 Å². The summed E-state index contributed by atoms with van der Waals surface area (Å²) < 4.78 is 30.9. The minimum atomic E-state index is -4.19. The molecular weight excluding hydrogens is 280 g/mol. The number of rotatable bonds is 6. The van der Waals surface area contributed by atoms with E-state index in [1.165, 1.54) is 12.1 Å². The average Bonchev–Trinajstić information content (AvgIpc) is 2.35. The van der Waals surface area contributed by atoms with Gasteiger partial charge in [0.2, 0.25) is 0 Å². The first-order valence-electron chi connectivity index (χ1n) is 6.38. The van der Waals surface area contributed by atoms with Crippen LogP contribution < -0.4 is 0 Å². The Labute approximate surface area is 119 Å². The van der Waals surface area contributed by atoms with Gasteiger partial charge in [-0.1, -0.05) is 19.1 Å². The molecule has 0 saturated carbocycles. The van der Waals surface area contributed by atoms with Gasteiger partial charge >= 0.3 is 5.97 Å². The molecule has 0 aliphatic carbocycles. The van der Waals surface area contributed by atoms with Crippen molar-refractivity contribution in [3.63, 3.8) is 0 Å². The maximum absolute atomic E-state index is 11.2. The van der Waals surface area contributed by atoms with Crippen LogP contribution in [0, 0.1) is 5.41 Å². The molecule has 0 amide bonds. The van der Waals surface area contributed by atoms with Gasteiger partial charge in [-0.15, -0.1) is 0 Å². The lowest BCUT2D eigenvalue weighted by molar-refractivity contribution is -0.147. The van der Waals surface area contributed by atoms with Crippen LogP contribution in [0.2, 0.25) is 0 Å². The van der Waals surface area contributed by atoms with E-state index in [0.717, 1.165) is 12.0 Å². The van der Waals surface area contributed by atoms with Crippen molar-refractivity contribution < 1.29 is 22.9 Å².